The van der Waals surface area contributed by atoms with Gasteiger partial charge in [0.25, 0.3) is 0 Å². The second-order valence-electron chi connectivity index (χ2n) is 4.74. The Morgan fingerprint density at radius 2 is 2.18 bits per heavy atom. The molecule has 2 heterocycles. The molecular weight excluding hydrogens is 288 g/mol. The molecule has 1 aromatic carbocycles. The minimum atomic E-state index is -0.662. The first-order valence-electron chi connectivity index (χ1n) is 6.71. The molecule has 0 bridgehead atoms. The van der Waals surface area contributed by atoms with Gasteiger partial charge in [0.05, 0.1) is 20.0 Å². The van der Waals surface area contributed by atoms with E-state index in [2.05, 4.69) is 9.72 Å². The molecule has 7 nitrogen and oxygen atoms in total. The third-order valence-corrected chi connectivity index (χ3v) is 3.26. The number of hydrogen-bond donors (Lipinski definition) is 0. The molecular formula is C15H14N2O5. The summed E-state index contributed by atoms with van der Waals surface area (Å²) in [5.41, 5.74) is 0.0812. The number of carbonyl (C=O) groups excluding carboxylic acids is 2. The van der Waals surface area contributed by atoms with Gasteiger partial charge in [-0.05, 0) is 12.1 Å². The lowest BCUT2D eigenvalue weighted by atomic mass is 10.2. The molecule has 1 aliphatic heterocycles. The van der Waals surface area contributed by atoms with Crippen molar-refractivity contribution < 1.29 is 23.8 Å². The number of rotatable bonds is 4. The third kappa shape index (κ3) is 2.65. The van der Waals surface area contributed by atoms with Crippen LogP contribution in [0.4, 0.5) is 0 Å². The molecule has 0 aliphatic carbocycles. The van der Waals surface area contributed by atoms with Gasteiger partial charge in [-0.1, -0.05) is 18.2 Å². The minimum absolute atomic E-state index is 0.0325. The summed E-state index contributed by atoms with van der Waals surface area (Å²) < 4.78 is 17.1. The molecule has 0 fully saturated rings. The summed E-state index contributed by atoms with van der Waals surface area (Å²) >= 11 is 0. The fraction of sp³-hybridized carbons (Fsp3) is 0.267. The molecule has 1 aliphatic rings. The van der Waals surface area contributed by atoms with Gasteiger partial charge in [-0.15, -0.1) is 0 Å². The van der Waals surface area contributed by atoms with E-state index in [1.54, 1.807) is 4.57 Å². The lowest BCUT2D eigenvalue weighted by molar-refractivity contribution is 0.00181. The van der Waals surface area contributed by atoms with E-state index in [1.165, 1.54) is 13.4 Å². The van der Waals surface area contributed by atoms with Crippen molar-refractivity contribution in [1.82, 2.24) is 9.55 Å². The van der Waals surface area contributed by atoms with Gasteiger partial charge in [0.15, 0.2) is 17.5 Å². The van der Waals surface area contributed by atoms with Crippen molar-refractivity contribution >= 4 is 11.9 Å². The third-order valence-electron chi connectivity index (χ3n) is 3.26. The number of aromatic nitrogens is 2. The molecule has 22 heavy (non-hydrogen) atoms. The Hall–Kier alpha value is -2.83. The zero-order chi connectivity index (χ0) is 15.5. The maximum atomic E-state index is 12.1. The van der Waals surface area contributed by atoms with Crippen LogP contribution < -0.4 is 4.74 Å². The number of cyclic esters (lactones) is 1. The molecule has 1 aromatic heterocycles. The average Bonchev–Trinajstić information content (AvgIpc) is 2.98. The van der Waals surface area contributed by atoms with Gasteiger partial charge < -0.3 is 18.8 Å². The molecule has 114 valence electrons. The number of imidazole rings is 1. The van der Waals surface area contributed by atoms with Crippen LogP contribution in [0.15, 0.2) is 36.7 Å². The second kappa shape index (κ2) is 5.88. The van der Waals surface area contributed by atoms with Crippen molar-refractivity contribution in [2.24, 2.45) is 0 Å². The number of benzene rings is 1. The standard InChI is InChI=1S/C15H14N2O5/c1-20-14(18)12-13-15(19)22-11(7-17(13)9-16-12)8-21-10-5-3-2-4-6-10/h2-6,9,11H,7-8H2,1H3/t11-/m0/s1. The SMILES string of the molecule is COC(=O)c1ncn2c1C(=O)O[C@H](COc1ccccc1)C2. The molecule has 2 aromatic rings. The van der Waals surface area contributed by atoms with Crippen molar-refractivity contribution in [3.8, 4) is 5.75 Å². The fourth-order valence-corrected chi connectivity index (χ4v) is 2.24. The van der Waals surface area contributed by atoms with Gasteiger partial charge in [0.2, 0.25) is 0 Å². The molecule has 1 atom stereocenters. The normalized spacial score (nSPS) is 16.6. The van der Waals surface area contributed by atoms with Crippen LogP contribution in [0.5, 0.6) is 5.75 Å². The van der Waals surface area contributed by atoms with Crippen LogP contribution in [0.1, 0.15) is 21.0 Å². The average molecular weight is 302 g/mol. The van der Waals surface area contributed by atoms with E-state index < -0.39 is 18.0 Å². The van der Waals surface area contributed by atoms with Crippen LogP contribution in [-0.2, 0) is 16.0 Å². The Morgan fingerprint density at radius 1 is 1.41 bits per heavy atom. The predicted octanol–water partition coefficient (Wildman–Crippen LogP) is 1.29. The summed E-state index contributed by atoms with van der Waals surface area (Å²) in [7, 11) is 1.23. The maximum absolute atomic E-state index is 12.1. The van der Waals surface area contributed by atoms with Gasteiger partial charge in [0, 0.05) is 0 Å². The van der Waals surface area contributed by atoms with E-state index in [-0.39, 0.29) is 18.0 Å². The van der Waals surface area contributed by atoms with Crippen LogP contribution >= 0.6 is 0 Å². The molecule has 0 saturated heterocycles. The van der Waals surface area contributed by atoms with Crippen LogP contribution in [-0.4, -0.2) is 41.3 Å². The minimum Gasteiger partial charge on any atom is -0.490 e. The number of ether oxygens (including phenoxy) is 3. The number of nitrogens with zero attached hydrogens (tertiary/aromatic N) is 2. The summed E-state index contributed by atoms with van der Waals surface area (Å²) in [5.74, 6) is -0.569. The summed E-state index contributed by atoms with van der Waals surface area (Å²) in [6.07, 6.45) is 0.984. The van der Waals surface area contributed by atoms with Crippen molar-refractivity contribution in [3.05, 3.63) is 48.0 Å². The monoisotopic (exact) mass is 302 g/mol. The maximum Gasteiger partial charge on any atom is 0.359 e. The summed E-state index contributed by atoms with van der Waals surface area (Å²) in [5, 5.41) is 0. The Morgan fingerprint density at radius 3 is 2.91 bits per heavy atom. The van der Waals surface area contributed by atoms with Crippen molar-refractivity contribution in [1.29, 1.82) is 0 Å². The van der Waals surface area contributed by atoms with Crippen LogP contribution in [0.25, 0.3) is 0 Å². The first-order valence-corrected chi connectivity index (χ1v) is 6.71. The molecule has 3 rings (SSSR count). The number of esters is 2. The van der Waals surface area contributed by atoms with E-state index in [1.807, 2.05) is 30.3 Å². The van der Waals surface area contributed by atoms with Crippen LogP contribution in [0.3, 0.4) is 0 Å². The predicted molar refractivity (Wildman–Crippen MR) is 74.7 cm³/mol. The molecule has 0 spiro atoms. The van der Waals surface area contributed by atoms with Crippen LogP contribution in [0.2, 0.25) is 0 Å². The van der Waals surface area contributed by atoms with Crippen molar-refractivity contribution in [3.63, 3.8) is 0 Å². The van der Waals surface area contributed by atoms with Gasteiger partial charge in [0.1, 0.15) is 12.4 Å². The topological polar surface area (TPSA) is 79.7 Å². The number of hydrogen-bond acceptors (Lipinski definition) is 6. The molecule has 0 N–H and O–H groups in total. The Labute approximate surface area is 126 Å². The Balaban J connectivity index is 1.71. The lowest BCUT2D eigenvalue weighted by Gasteiger charge is -2.24. The highest BCUT2D eigenvalue weighted by atomic mass is 16.6. The second-order valence-corrected chi connectivity index (χ2v) is 4.74. The first kappa shape index (κ1) is 14.1. The zero-order valence-corrected chi connectivity index (χ0v) is 11.9. The number of fused-ring (bicyclic) bond motifs is 1. The Bertz CT molecular complexity index is 695. The Kier molecular flexibility index (Phi) is 3.78. The van der Waals surface area contributed by atoms with Gasteiger partial charge in [-0.3, -0.25) is 0 Å². The summed E-state index contributed by atoms with van der Waals surface area (Å²) in [6, 6.07) is 9.25. The zero-order valence-electron chi connectivity index (χ0n) is 11.9. The highest BCUT2D eigenvalue weighted by molar-refractivity contribution is 6.01. The largest absolute Gasteiger partial charge is 0.490 e. The van der Waals surface area contributed by atoms with E-state index >= 15 is 0 Å². The quantitative estimate of drug-likeness (QED) is 0.792. The van der Waals surface area contributed by atoms with E-state index in [0.717, 1.165) is 0 Å². The van der Waals surface area contributed by atoms with Gasteiger partial charge in [-0.25, -0.2) is 14.6 Å². The lowest BCUT2D eigenvalue weighted by Crippen LogP contribution is -2.36. The number of para-hydroxylation sites is 1. The van der Waals surface area contributed by atoms with Crippen LogP contribution in [0, 0.1) is 0 Å². The first-order chi connectivity index (χ1) is 10.7. The number of methoxy groups -OCH3 is 1. The van der Waals surface area contributed by atoms with Crippen molar-refractivity contribution in [2.75, 3.05) is 13.7 Å². The van der Waals surface area contributed by atoms with Gasteiger partial charge >= 0.3 is 11.9 Å². The molecule has 0 saturated carbocycles. The number of carbonyl (C=O) groups is 2. The highest BCUT2D eigenvalue weighted by Crippen LogP contribution is 2.19. The van der Waals surface area contributed by atoms with E-state index in [4.69, 9.17) is 9.47 Å². The molecule has 0 unspecified atom stereocenters. The molecule has 0 radical (unpaired) electrons. The summed E-state index contributed by atoms with van der Waals surface area (Å²) in [6.45, 7) is 0.596. The molecule has 7 heteroatoms. The fourth-order valence-electron chi connectivity index (χ4n) is 2.24. The van der Waals surface area contributed by atoms with E-state index in [0.29, 0.717) is 12.3 Å². The summed E-state index contributed by atoms with van der Waals surface area (Å²) in [4.78, 5) is 27.5. The van der Waals surface area contributed by atoms with Crippen molar-refractivity contribution in [2.45, 2.75) is 12.6 Å². The highest BCUT2D eigenvalue weighted by Gasteiger charge is 2.33. The molecule has 0 amide bonds. The van der Waals surface area contributed by atoms with E-state index in [9.17, 15) is 9.59 Å². The smallest absolute Gasteiger partial charge is 0.359 e. The van der Waals surface area contributed by atoms with Gasteiger partial charge in [-0.2, -0.15) is 0 Å².